The summed E-state index contributed by atoms with van der Waals surface area (Å²) >= 11 is 0. The zero-order valence-electron chi connectivity index (χ0n) is 17.8. The van der Waals surface area contributed by atoms with Crippen LogP contribution in [0.15, 0.2) is 109 Å². The molecule has 8 rings (SSSR count). The maximum Gasteiger partial charge on any atom is 0.0716 e. The van der Waals surface area contributed by atoms with E-state index in [4.69, 9.17) is 4.98 Å². The van der Waals surface area contributed by atoms with Gasteiger partial charge in [-0.25, -0.2) is 4.98 Å². The van der Waals surface area contributed by atoms with E-state index in [-0.39, 0.29) is 0 Å². The summed E-state index contributed by atoms with van der Waals surface area (Å²) in [6.45, 7) is 0. The first-order valence-electron chi connectivity index (χ1n) is 11.3. The molecule has 2 nitrogen and oxygen atoms in total. The van der Waals surface area contributed by atoms with Crippen molar-refractivity contribution in [1.29, 1.82) is 0 Å². The number of para-hydroxylation sites is 2. The third-order valence-electron chi connectivity index (χ3n) is 7.11. The lowest BCUT2D eigenvalue weighted by Gasteiger charge is -2.08. The highest BCUT2D eigenvalue weighted by molar-refractivity contribution is 6.31. The van der Waals surface area contributed by atoms with Gasteiger partial charge in [0.25, 0.3) is 0 Å². The van der Waals surface area contributed by atoms with Crippen molar-refractivity contribution in [3.8, 4) is 11.3 Å². The second-order valence-electron chi connectivity index (χ2n) is 8.81. The van der Waals surface area contributed by atoms with Gasteiger partial charge in [0, 0.05) is 32.5 Å². The molecule has 0 amide bonds. The molecular formula is C31H18N2. The molecule has 0 aliphatic rings. The van der Waals surface area contributed by atoms with Gasteiger partial charge < -0.3 is 4.40 Å². The molecule has 2 heteroatoms. The van der Waals surface area contributed by atoms with Crippen LogP contribution in [0.3, 0.4) is 0 Å². The number of aromatic nitrogens is 2. The Morgan fingerprint density at radius 3 is 2.18 bits per heavy atom. The summed E-state index contributed by atoms with van der Waals surface area (Å²) in [6, 6.07) is 39.2. The number of hydrogen-bond acceptors (Lipinski definition) is 1. The summed E-state index contributed by atoms with van der Waals surface area (Å²) in [6.07, 6.45) is 0. The van der Waals surface area contributed by atoms with Gasteiger partial charge in [-0.15, -0.1) is 0 Å². The standard InChI is InChI=1S/C31H18N2/c1-3-9-21-19(7-1)14-18-28-29(21)30-24(26-17-13-20-8-2-5-11-25(20)32-26)16-15-23-22-10-4-6-12-27(22)33(28)31(23)30/h1-18H. The Kier molecular flexibility index (Phi) is 3.16. The molecule has 0 fully saturated rings. The third kappa shape index (κ3) is 2.15. The van der Waals surface area contributed by atoms with Crippen molar-refractivity contribution in [3.63, 3.8) is 0 Å². The zero-order chi connectivity index (χ0) is 21.5. The number of rotatable bonds is 1. The van der Waals surface area contributed by atoms with Crippen LogP contribution in [0.5, 0.6) is 0 Å². The fourth-order valence-corrected chi connectivity index (χ4v) is 5.70. The molecule has 0 aliphatic heterocycles. The molecule has 0 N–H and O–H groups in total. The third-order valence-corrected chi connectivity index (χ3v) is 7.11. The second kappa shape index (κ2) is 6.08. The molecule has 0 radical (unpaired) electrons. The van der Waals surface area contributed by atoms with E-state index in [0.29, 0.717) is 0 Å². The number of fused-ring (bicyclic) bond motifs is 9. The van der Waals surface area contributed by atoms with E-state index in [1.165, 1.54) is 59.8 Å². The molecule has 8 aromatic rings. The van der Waals surface area contributed by atoms with Crippen molar-refractivity contribution < 1.29 is 0 Å². The maximum atomic E-state index is 5.08. The molecular weight excluding hydrogens is 400 g/mol. The summed E-state index contributed by atoms with van der Waals surface area (Å²) < 4.78 is 2.45. The van der Waals surface area contributed by atoms with Gasteiger partial charge in [-0.1, -0.05) is 84.9 Å². The first-order valence-corrected chi connectivity index (χ1v) is 11.3. The first-order chi connectivity index (χ1) is 16.4. The van der Waals surface area contributed by atoms with Gasteiger partial charge in [0.1, 0.15) is 0 Å². The highest BCUT2D eigenvalue weighted by atomic mass is 14.9. The van der Waals surface area contributed by atoms with Gasteiger partial charge in [-0.2, -0.15) is 0 Å². The van der Waals surface area contributed by atoms with E-state index in [0.717, 1.165) is 11.2 Å². The molecule has 33 heavy (non-hydrogen) atoms. The minimum absolute atomic E-state index is 1.02. The van der Waals surface area contributed by atoms with E-state index in [2.05, 4.69) is 114 Å². The Labute approximate surface area is 189 Å². The minimum Gasteiger partial charge on any atom is -0.308 e. The summed E-state index contributed by atoms with van der Waals surface area (Å²) in [7, 11) is 0. The average molecular weight is 418 g/mol. The molecule has 0 aliphatic carbocycles. The minimum atomic E-state index is 1.02. The molecule has 0 unspecified atom stereocenters. The van der Waals surface area contributed by atoms with E-state index in [1.807, 2.05) is 0 Å². The maximum absolute atomic E-state index is 5.08. The van der Waals surface area contributed by atoms with Gasteiger partial charge in [0.2, 0.25) is 0 Å². The summed E-state index contributed by atoms with van der Waals surface area (Å²) in [4.78, 5) is 5.08. The lowest BCUT2D eigenvalue weighted by Crippen LogP contribution is -1.87. The van der Waals surface area contributed by atoms with E-state index < -0.39 is 0 Å². The van der Waals surface area contributed by atoms with E-state index in [9.17, 15) is 0 Å². The van der Waals surface area contributed by atoms with Gasteiger partial charge in [0.05, 0.1) is 27.8 Å². The highest BCUT2D eigenvalue weighted by Gasteiger charge is 2.22. The lowest BCUT2D eigenvalue weighted by atomic mass is 9.97. The van der Waals surface area contributed by atoms with Crippen LogP contribution in [0.4, 0.5) is 0 Å². The highest BCUT2D eigenvalue weighted by Crippen LogP contribution is 2.45. The van der Waals surface area contributed by atoms with Crippen LogP contribution in [0.25, 0.3) is 71.0 Å². The van der Waals surface area contributed by atoms with Crippen molar-refractivity contribution in [1.82, 2.24) is 9.38 Å². The first kappa shape index (κ1) is 17.2. The predicted octanol–water partition coefficient (Wildman–Crippen LogP) is 8.21. The number of pyridine rings is 1. The van der Waals surface area contributed by atoms with Gasteiger partial charge in [-0.05, 0) is 35.0 Å². The fourth-order valence-electron chi connectivity index (χ4n) is 5.70. The smallest absolute Gasteiger partial charge is 0.0716 e. The molecule has 3 aromatic heterocycles. The van der Waals surface area contributed by atoms with Gasteiger partial charge in [0.15, 0.2) is 0 Å². The van der Waals surface area contributed by atoms with Crippen molar-refractivity contribution in [2.75, 3.05) is 0 Å². The fraction of sp³-hybridized carbons (Fsp3) is 0. The largest absolute Gasteiger partial charge is 0.308 e. The molecule has 152 valence electrons. The van der Waals surface area contributed by atoms with Crippen LogP contribution in [0.2, 0.25) is 0 Å². The molecule has 0 spiro atoms. The van der Waals surface area contributed by atoms with Crippen molar-refractivity contribution >= 4 is 59.8 Å². The zero-order valence-corrected chi connectivity index (χ0v) is 17.8. The summed E-state index contributed by atoms with van der Waals surface area (Å²) in [5.41, 5.74) is 7.03. The summed E-state index contributed by atoms with van der Waals surface area (Å²) in [5, 5.41) is 8.91. The van der Waals surface area contributed by atoms with Gasteiger partial charge in [-0.3, -0.25) is 0 Å². The normalized spacial score (nSPS) is 12.2. The number of benzene rings is 5. The van der Waals surface area contributed by atoms with E-state index >= 15 is 0 Å². The molecule has 5 aromatic carbocycles. The SMILES string of the molecule is c1ccc2nc(-c3ccc4c5ccccc5n5c6ccc7ccccc7c6c3c45)ccc2c1. The second-order valence-corrected chi connectivity index (χ2v) is 8.81. The van der Waals surface area contributed by atoms with Crippen LogP contribution >= 0.6 is 0 Å². The van der Waals surface area contributed by atoms with E-state index in [1.54, 1.807) is 0 Å². The Bertz CT molecular complexity index is 2030. The lowest BCUT2D eigenvalue weighted by molar-refractivity contribution is 1.37. The van der Waals surface area contributed by atoms with Crippen molar-refractivity contribution in [2.24, 2.45) is 0 Å². The average Bonchev–Trinajstić information content (AvgIpc) is 3.41. The molecule has 0 bridgehead atoms. The molecule has 0 saturated heterocycles. The Morgan fingerprint density at radius 1 is 0.485 bits per heavy atom. The molecule has 0 atom stereocenters. The Hall–Kier alpha value is -4.43. The van der Waals surface area contributed by atoms with Crippen LogP contribution in [-0.4, -0.2) is 9.38 Å². The quantitative estimate of drug-likeness (QED) is 0.262. The molecule has 3 heterocycles. The summed E-state index contributed by atoms with van der Waals surface area (Å²) in [5.74, 6) is 0. The van der Waals surface area contributed by atoms with Crippen LogP contribution in [-0.2, 0) is 0 Å². The van der Waals surface area contributed by atoms with Crippen molar-refractivity contribution in [2.45, 2.75) is 0 Å². The Morgan fingerprint density at radius 2 is 1.24 bits per heavy atom. The Balaban J connectivity index is 1.65. The number of hydrogen-bond donors (Lipinski definition) is 0. The predicted molar refractivity (Wildman–Crippen MR) is 139 cm³/mol. The number of nitrogens with zero attached hydrogens (tertiary/aromatic N) is 2. The topological polar surface area (TPSA) is 17.3 Å². The van der Waals surface area contributed by atoms with Gasteiger partial charge >= 0.3 is 0 Å². The van der Waals surface area contributed by atoms with Crippen LogP contribution < -0.4 is 0 Å². The van der Waals surface area contributed by atoms with Crippen LogP contribution in [0.1, 0.15) is 0 Å². The van der Waals surface area contributed by atoms with Crippen LogP contribution in [0, 0.1) is 0 Å². The molecule has 0 saturated carbocycles. The monoisotopic (exact) mass is 418 g/mol. The van der Waals surface area contributed by atoms with Crippen molar-refractivity contribution in [3.05, 3.63) is 109 Å².